The van der Waals surface area contributed by atoms with Crippen LogP contribution in [-0.4, -0.2) is 41.3 Å². The van der Waals surface area contributed by atoms with E-state index >= 15 is 0 Å². The maximum Gasteiger partial charge on any atom is 0.224 e. The molecule has 6 heteroatoms. The van der Waals surface area contributed by atoms with Crippen molar-refractivity contribution in [2.24, 2.45) is 5.92 Å². The highest BCUT2D eigenvalue weighted by molar-refractivity contribution is 9.10. The largest absolute Gasteiger partial charge is 0.391 e. The molecule has 1 aromatic rings. The minimum atomic E-state index is -0.288. The zero-order valence-electron chi connectivity index (χ0n) is 10.0. The van der Waals surface area contributed by atoms with Gasteiger partial charge in [-0.2, -0.15) is 4.98 Å². The second-order valence-electron chi connectivity index (χ2n) is 4.39. The molecule has 2 unspecified atom stereocenters. The van der Waals surface area contributed by atoms with Gasteiger partial charge in [-0.1, -0.05) is 6.92 Å². The Balaban J connectivity index is 2.21. The SMILES string of the molecule is CNc1ncc(Br)c(N2CCC(C)C(O)C2)n1. The third kappa shape index (κ3) is 2.69. The summed E-state index contributed by atoms with van der Waals surface area (Å²) in [6.45, 7) is 3.62. The Kier molecular flexibility index (Phi) is 3.83. The van der Waals surface area contributed by atoms with Crippen LogP contribution in [0.2, 0.25) is 0 Å². The van der Waals surface area contributed by atoms with Crippen molar-refractivity contribution < 1.29 is 5.11 Å². The topological polar surface area (TPSA) is 61.3 Å². The quantitative estimate of drug-likeness (QED) is 0.866. The molecule has 0 aliphatic carbocycles. The molecule has 1 fully saturated rings. The molecule has 17 heavy (non-hydrogen) atoms. The van der Waals surface area contributed by atoms with Crippen LogP contribution in [-0.2, 0) is 0 Å². The van der Waals surface area contributed by atoms with Gasteiger partial charge in [-0.3, -0.25) is 0 Å². The molecule has 2 rings (SSSR count). The number of aliphatic hydroxyl groups is 1. The lowest BCUT2D eigenvalue weighted by atomic mass is 9.96. The van der Waals surface area contributed by atoms with Crippen molar-refractivity contribution in [3.8, 4) is 0 Å². The summed E-state index contributed by atoms with van der Waals surface area (Å²) in [7, 11) is 1.79. The zero-order chi connectivity index (χ0) is 12.4. The van der Waals surface area contributed by atoms with E-state index in [9.17, 15) is 5.11 Å². The van der Waals surface area contributed by atoms with Crippen molar-refractivity contribution in [2.75, 3.05) is 30.4 Å². The first-order valence-corrected chi connectivity index (χ1v) is 6.54. The number of β-amino-alcohol motifs (C(OH)–C–C–N with tert-alkyl or cyclic N) is 1. The van der Waals surface area contributed by atoms with Gasteiger partial charge in [0.25, 0.3) is 0 Å². The van der Waals surface area contributed by atoms with Crippen LogP contribution in [0.25, 0.3) is 0 Å². The molecule has 1 aliphatic rings. The van der Waals surface area contributed by atoms with E-state index in [4.69, 9.17) is 0 Å². The van der Waals surface area contributed by atoms with E-state index in [2.05, 4.69) is 43.0 Å². The number of halogens is 1. The molecule has 0 aromatic carbocycles. The van der Waals surface area contributed by atoms with E-state index in [1.54, 1.807) is 13.2 Å². The van der Waals surface area contributed by atoms with Crippen LogP contribution >= 0.6 is 15.9 Å². The second-order valence-corrected chi connectivity index (χ2v) is 5.25. The van der Waals surface area contributed by atoms with E-state index in [1.165, 1.54) is 0 Å². The summed E-state index contributed by atoms with van der Waals surface area (Å²) >= 11 is 3.45. The summed E-state index contributed by atoms with van der Waals surface area (Å²) in [4.78, 5) is 10.6. The molecule has 0 spiro atoms. The number of anilines is 2. The van der Waals surface area contributed by atoms with Crippen LogP contribution in [0, 0.1) is 5.92 Å². The van der Waals surface area contributed by atoms with Gasteiger partial charge in [0.05, 0.1) is 10.6 Å². The van der Waals surface area contributed by atoms with Crippen molar-refractivity contribution in [1.82, 2.24) is 9.97 Å². The molecular weight excluding hydrogens is 284 g/mol. The fourth-order valence-electron chi connectivity index (χ4n) is 1.94. The predicted molar refractivity (Wildman–Crippen MR) is 71.3 cm³/mol. The second kappa shape index (κ2) is 5.18. The molecule has 1 saturated heterocycles. The maximum absolute atomic E-state index is 9.91. The molecule has 5 nitrogen and oxygen atoms in total. The van der Waals surface area contributed by atoms with Crippen molar-refractivity contribution in [3.63, 3.8) is 0 Å². The minimum absolute atomic E-state index is 0.288. The number of nitrogens with one attached hydrogen (secondary N) is 1. The summed E-state index contributed by atoms with van der Waals surface area (Å²) in [6, 6.07) is 0. The third-order valence-corrected chi connectivity index (χ3v) is 3.73. The highest BCUT2D eigenvalue weighted by Crippen LogP contribution is 2.28. The zero-order valence-corrected chi connectivity index (χ0v) is 11.6. The first kappa shape index (κ1) is 12.6. The van der Waals surface area contributed by atoms with Crippen molar-refractivity contribution >= 4 is 27.7 Å². The molecule has 0 amide bonds. The van der Waals surface area contributed by atoms with E-state index in [0.29, 0.717) is 18.4 Å². The van der Waals surface area contributed by atoms with Gasteiger partial charge in [0.15, 0.2) is 0 Å². The lowest BCUT2D eigenvalue weighted by Crippen LogP contribution is -2.43. The van der Waals surface area contributed by atoms with Gasteiger partial charge in [0.2, 0.25) is 5.95 Å². The summed E-state index contributed by atoms with van der Waals surface area (Å²) in [5, 5.41) is 12.8. The predicted octanol–water partition coefficient (Wildman–Crippen LogP) is 1.49. The average Bonchev–Trinajstić information content (AvgIpc) is 2.33. The number of aliphatic hydroxyl groups excluding tert-OH is 1. The van der Waals surface area contributed by atoms with Gasteiger partial charge < -0.3 is 15.3 Å². The van der Waals surface area contributed by atoms with Crippen molar-refractivity contribution in [2.45, 2.75) is 19.4 Å². The van der Waals surface area contributed by atoms with Crippen molar-refractivity contribution in [3.05, 3.63) is 10.7 Å². The Labute approximate surface area is 109 Å². The maximum atomic E-state index is 9.91. The van der Waals surface area contributed by atoms with Crippen LogP contribution < -0.4 is 10.2 Å². The number of piperidine rings is 1. The first-order chi connectivity index (χ1) is 8.11. The first-order valence-electron chi connectivity index (χ1n) is 5.75. The molecule has 0 saturated carbocycles. The standard InChI is InChI=1S/C11H17BrN4O/c1-7-3-4-16(6-9(7)17)10-8(12)5-14-11(13-2)15-10/h5,7,9,17H,3-4,6H2,1-2H3,(H,13,14,15). The third-order valence-electron chi connectivity index (χ3n) is 3.17. The van der Waals surface area contributed by atoms with Gasteiger partial charge in [0, 0.05) is 26.3 Å². The fourth-order valence-corrected chi connectivity index (χ4v) is 2.38. The van der Waals surface area contributed by atoms with Crippen LogP contribution in [0.1, 0.15) is 13.3 Å². The minimum Gasteiger partial charge on any atom is -0.391 e. The Bertz CT molecular complexity index is 401. The number of nitrogens with zero attached hydrogens (tertiary/aromatic N) is 3. The fraction of sp³-hybridized carbons (Fsp3) is 0.636. The molecule has 2 atom stereocenters. The number of rotatable bonds is 2. The molecule has 1 aliphatic heterocycles. The normalized spacial score (nSPS) is 24.8. The van der Waals surface area contributed by atoms with Crippen molar-refractivity contribution in [1.29, 1.82) is 0 Å². The monoisotopic (exact) mass is 300 g/mol. The Morgan fingerprint density at radius 3 is 3.00 bits per heavy atom. The Morgan fingerprint density at radius 2 is 2.35 bits per heavy atom. The van der Waals surface area contributed by atoms with Gasteiger partial charge >= 0.3 is 0 Å². The van der Waals surface area contributed by atoms with E-state index in [0.717, 1.165) is 23.3 Å². The Hall–Kier alpha value is -0.880. The van der Waals surface area contributed by atoms with E-state index < -0.39 is 0 Å². The van der Waals surface area contributed by atoms with Crippen LogP contribution in [0.15, 0.2) is 10.7 Å². The molecule has 2 N–H and O–H groups in total. The van der Waals surface area contributed by atoms with Gasteiger partial charge in [-0.15, -0.1) is 0 Å². The number of hydrogen-bond donors (Lipinski definition) is 2. The Morgan fingerprint density at radius 1 is 1.59 bits per heavy atom. The highest BCUT2D eigenvalue weighted by Gasteiger charge is 2.26. The summed E-state index contributed by atoms with van der Waals surface area (Å²) < 4.78 is 0.859. The van der Waals surface area contributed by atoms with Gasteiger partial charge in [-0.05, 0) is 28.3 Å². The molecule has 94 valence electrons. The van der Waals surface area contributed by atoms with Crippen LogP contribution in [0.5, 0.6) is 0 Å². The summed E-state index contributed by atoms with van der Waals surface area (Å²) in [5.74, 6) is 1.79. The highest BCUT2D eigenvalue weighted by atomic mass is 79.9. The smallest absolute Gasteiger partial charge is 0.224 e. The number of aromatic nitrogens is 2. The average molecular weight is 301 g/mol. The molecule has 0 bridgehead atoms. The van der Waals surface area contributed by atoms with Crippen LogP contribution in [0.4, 0.5) is 11.8 Å². The van der Waals surface area contributed by atoms with Gasteiger partial charge in [-0.25, -0.2) is 4.98 Å². The molecule has 1 aromatic heterocycles. The summed E-state index contributed by atoms with van der Waals surface area (Å²) in [6.07, 6.45) is 2.43. The van der Waals surface area contributed by atoms with Crippen LogP contribution in [0.3, 0.4) is 0 Å². The molecule has 0 radical (unpaired) electrons. The van der Waals surface area contributed by atoms with Gasteiger partial charge in [0.1, 0.15) is 5.82 Å². The lowest BCUT2D eigenvalue weighted by Gasteiger charge is -2.35. The molecular formula is C11H17BrN4O. The van der Waals surface area contributed by atoms with E-state index in [-0.39, 0.29) is 6.10 Å². The molecule has 2 heterocycles. The number of hydrogen-bond acceptors (Lipinski definition) is 5. The van der Waals surface area contributed by atoms with E-state index in [1.807, 2.05) is 0 Å². The summed E-state index contributed by atoms with van der Waals surface area (Å²) in [5.41, 5.74) is 0. The lowest BCUT2D eigenvalue weighted by molar-refractivity contribution is 0.102.